The molecule has 102 valence electrons. The summed E-state index contributed by atoms with van der Waals surface area (Å²) in [6, 6.07) is 10.3. The predicted octanol–water partition coefficient (Wildman–Crippen LogP) is 2.47. The fourth-order valence-corrected chi connectivity index (χ4v) is 2.38. The fraction of sp³-hybridized carbons (Fsp3) is 0.200. The smallest absolute Gasteiger partial charge is 0.335 e. The van der Waals surface area contributed by atoms with Gasteiger partial charge in [-0.15, -0.1) is 0 Å². The average Bonchev–Trinajstić information content (AvgIpc) is 2.72. The number of nitrogens with zero attached hydrogens (tertiary/aromatic N) is 3. The number of phenols is 1. The first-order valence-corrected chi connectivity index (χ1v) is 6.47. The summed E-state index contributed by atoms with van der Waals surface area (Å²) in [5.74, 6) is 0.169. The largest absolute Gasteiger partial charge is 0.508 e. The van der Waals surface area contributed by atoms with Gasteiger partial charge in [-0.1, -0.05) is 0 Å². The molecular formula is C15H15N3O2. The van der Waals surface area contributed by atoms with Gasteiger partial charge in [0.2, 0.25) is 0 Å². The predicted molar refractivity (Wildman–Crippen MR) is 77.4 cm³/mol. The van der Waals surface area contributed by atoms with Crippen LogP contribution in [0.4, 0.5) is 0 Å². The van der Waals surface area contributed by atoms with Crippen LogP contribution in [0.25, 0.3) is 16.9 Å². The Balaban J connectivity index is 2.39. The molecule has 0 saturated carbocycles. The number of benzene rings is 1. The van der Waals surface area contributed by atoms with Crippen molar-refractivity contribution in [3.05, 3.63) is 53.1 Å². The van der Waals surface area contributed by atoms with Gasteiger partial charge in [-0.2, -0.15) is 0 Å². The second-order valence-corrected chi connectivity index (χ2v) is 4.94. The Morgan fingerprint density at radius 2 is 1.85 bits per heavy atom. The highest BCUT2D eigenvalue weighted by molar-refractivity contribution is 5.73. The van der Waals surface area contributed by atoms with Gasteiger partial charge in [-0.05, 0) is 50.2 Å². The molecule has 0 aliphatic heterocycles. The average molecular weight is 269 g/mol. The van der Waals surface area contributed by atoms with E-state index in [9.17, 15) is 9.90 Å². The molecule has 5 heteroatoms. The molecule has 0 amide bonds. The molecular weight excluding hydrogens is 254 g/mol. The Hall–Kier alpha value is -2.56. The van der Waals surface area contributed by atoms with Crippen molar-refractivity contribution in [1.82, 2.24) is 14.1 Å². The fourth-order valence-electron chi connectivity index (χ4n) is 2.38. The maximum Gasteiger partial charge on any atom is 0.335 e. The summed E-state index contributed by atoms with van der Waals surface area (Å²) >= 11 is 0. The zero-order chi connectivity index (χ0) is 14.3. The van der Waals surface area contributed by atoms with Crippen LogP contribution in [0, 0.1) is 0 Å². The molecule has 1 aromatic carbocycles. The van der Waals surface area contributed by atoms with Gasteiger partial charge in [0.25, 0.3) is 0 Å². The topological polar surface area (TPSA) is 60.0 Å². The maximum absolute atomic E-state index is 12.6. The molecule has 5 nitrogen and oxygen atoms in total. The first kappa shape index (κ1) is 12.5. The minimum absolute atomic E-state index is 0.0487. The Bertz CT molecular complexity index is 813. The van der Waals surface area contributed by atoms with E-state index in [1.807, 2.05) is 26.0 Å². The van der Waals surface area contributed by atoms with E-state index in [0.29, 0.717) is 11.3 Å². The van der Waals surface area contributed by atoms with Crippen molar-refractivity contribution in [3.8, 4) is 11.4 Å². The van der Waals surface area contributed by atoms with Gasteiger partial charge in [0.1, 0.15) is 5.75 Å². The first-order valence-electron chi connectivity index (χ1n) is 6.47. The van der Waals surface area contributed by atoms with Crippen LogP contribution in [0.3, 0.4) is 0 Å². The number of hydrogen-bond acceptors (Lipinski definition) is 3. The van der Waals surface area contributed by atoms with E-state index in [1.54, 1.807) is 39.6 Å². The van der Waals surface area contributed by atoms with E-state index in [0.717, 1.165) is 5.52 Å². The molecule has 0 bridgehead atoms. The van der Waals surface area contributed by atoms with Crippen LogP contribution in [0.2, 0.25) is 0 Å². The van der Waals surface area contributed by atoms with Crippen molar-refractivity contribution >= 4 is 11.2 Å². The van der Waals surface area contributed by atoms with Crippen LogP contribution in [0.1, 0.15) is 19.9 Å². The number of fused-ring (bicyclic) bond motifs is 1. The normalized spacial score (nSPS) is 11.3. The molecule has 0 aliphatic carbocycles. The van der Waals surface area contributed by atoms with Crippen LogP contribution in [-0.4, -0.2) is 19.2 Å². The van der Waals surface area contributed by atoms with Gasteiger partial charge >= 0.3 is 5.69 Å². The van der Waals surface area contributed by atoms with E-state index in [2.05, 4.69) is 4.98 Å². The number of rotatable bonds is 2. The van der Waals surface area contributed by atoms with Gasteiger partial charge in [-0.25, -0.2) is 14.3 Å². The van der Waals surface area contributed by atoms with Gasteiger partial charge in [0, 0.05) is 12.2 Å². The molecule has 2 aromatic heterocycles. The molecule has 3 aromatic rings. The summed E-state index contributed by atoms with van der Waals surface area (Å²) in [6.07, 6.45) is 1.67. The van der Waals surface area contributed by atoms with Crippen LogP contribution in [0.15, 0.2) is 47.4 Å². The van der Waals surface area contributed by atoms with Gasteiger partial charge in [0.05, 0.1) is 11.2 Å². The minimum Gasteiger partial charge on any atom is -0.508 e. The number of phenolic OH excluding ortho intramolecular Hbond substituents is 1. The summed E-state index contributed by atoms with van der Waals surface area (Å²) in [7, 11) is 0. The summed E-state index contributed by atoms with van der Waals surface area (Å²) in [5, 5.41) is 9.37. The zero-order valence-corrected chi connectivity index (χ0v) is 11.3. The van der Waals surface area contributed by atoms with Crippen molar-refractivity contribution in [2.24, 2.45) is 0 Å². The lowest BCUT2D eigenvalue weighted by Crippen LogP contribution is -2.24. The Labute approximate surface area is 115 Å². The van der Waals surface area contributed by atoms with Crippen molar-refractivity contribution in [2.75, 3.05) is 0 Å². The summed E-state index contributed by atoms with van der Waals surface area (Å²) in [5.41, 5.74) is 1.99. The number of imidazole rings is 1. The summed E-state index contributed by atoms with van der Waals surface area (Å²) < 4.78 is 3.28. The van der Waals surface area contributed by atoms with Gasteiger partial charge in [0.15, 0.2) is 5.65 Å². The lowest BCUT2D eigenvalue weighted by Gasteiger charge is -2.05. The third-order valence-corrected chi connectivity index (χ3v) is 3.26. The van der Waals surface area contributed by atoms with Crippen LogP contribution >= 0.6 is 0 Å². The number of pyridine rings is 1. The summed E-state index contributed by atoms with van der Waals surface area (Å²) in [4.78, 5) is 17.0. The number of hydrogen-bond donors (Lipinski definition) is 1. The van der Waals surface area contributed by atoms with E-state index < -0.39 is 0 Å². The van der Waals surface area contributed by atoms with Crippen molar-refractivity contribution in [1.29, 1.82) is 0 Å². The molecule has 0 radical (unpaired) electrons. The molecule has 0 fully saturated rings. The Morgan fingerprint density at radius 1 is 1.15 bits per heavy atom. The third kappa shape index (κ3) is 1.79. The van der Waals surface area contributed by atoms with Crippen LogP contribution < -0.4 is 5.69 Å². The molecule has 0 unspecified atom stereocenters. The van der Waals surface area contributed by atoms with Crippen molar-refractivity contribution in [2.45, 2.75) is 19.9 Å². The van der Waals surface area contributed by atoms with Crippen LogP contribution in [0.5, 0.6) is 5.75 Å². The molecule has 1 N–H and O–H groups in total. The second kappa shape index (κ2) is 4.52. The molecule has 0 aliphatic rings. The lowest BCUT2D eigenvalue weighted by molar-refractivity contribution is 0.475. The van der Waals surface area contributed by atoms with E-state index in [-0.39, 0.29) is 17.5 Å². The van der Waals surface area contributed by atoms with E-state index in [4.69, 9.17) is 0 Å². The molecule has 2 heterocycles. The summed E-state index contributed by atoms with van der Waals surface area (Å²) in [6.45, 7) is 3.93. The van der Waals surface area contributed by atoms with Gasteiger partial charge in [-0.3, -0.25) is 4.57 Å². The zero-order valence-electron chi connectivity index (χ0n) is 11.3. The van der Waals surface area contributed by atoms with Crippen LogP contribution in [-0.2, 0) is 0 Å². The molecule has 20 heavy (non-hydrogen) atoms. The quantitative estimate of drug-likeness (QED) is 0.777. The Kier molecular flexibility index (Phi) is 2.82. The maximum atomic E-state index is 12.6. The number of aromatic nitrogens is 3. The monoisotopic (exact) mass is 269 g/mol. The Morgan fingerprint density at radius 3 is 2.50 bits per heavy atom. The van der Waals surface area contributed by atoms with Gasteiger partial charge < -0.3 is 5.11 Å². The lowest BCUT2D eigenvalue weighted by atomic mass is 10.3. The number of aromatic hydroxyl groups is 1. The highest BCUT2D eigenvalue weighted by Crippen LogP contribution is 2.19. The third-order valence-electron chi connectivity index (χ3n) is 3.26. The molecule has 0 atom stereocenters. The SMILES string of the molecule is CC(C)n1c(=O)n(-c2ccc(O)cc2)c2ncccc21. The van der Waals surface area contributed by atoms with E-state index >= 15 is 0 Å². The van der Waals surface area contributed by atoms with E-state index in [1.165, 1.54) is 0 Å². The highest BCUT2D eigenvalue weighted by atomic mass is 16.3. The second-order valence-electron chi connectivity index (χ2n) is 4.94. The molecule has 3 rings (SSSR count). The van der Waals surface area contributed by atoms with Crippen molar-refractivity contribution < 1.29 is 5.11 Å². The first-order chi connectivity index (χ1) is 9.59. The highest BCUT2D eigenvalue weighted by Gasteiger charge is 2.16. The molecule has 0 saturated heterocycles. The van der Waals surface area contributed by atoms with Crippen molar-refractivity contribution in [3.63, 3.8) is 0 Å². The minimum atomic E-state index is -0.126. The standard InChI is InChI=1S/C15H15N3O2/c1-10(2)17-13-4-3-9-16-14(13)18(15(17)20)11-5-7-12(19)8-6-11/h3-10,19H,1-2H3. The molecule has 0 spiro atoms.